The van der Waals surface area contributed by atoms with Crippen molar-refractivity contribution >= 4 is 26.5 Å². The van der Waals surface area contributed by atoms with E-state index in [-0.39, 0.29) is 4.90 Å². The Balaban J connectivity index is 1.42. The van der Waals surface area contributed by atoms with Gasteiger partial charge in [0.1, 0.15) is 5.82 Å². The van der Waals surface area contributed by atoms with E-state index >= 15 is 0 Å². The zero-order chi connectivity index (χ0) is 21.1. The highest BCUT2D eigenvalue weighted by Gasteiger charge is 2.29. The molecule has 158 valence electrons. The van der Waals surface area contributed by atoms with Gasteiger partial charge in [-0.15, -0.1) is 11.3 Å². The molecule has 0 N–H and O–H groups in total. The lowest BCUT2D eigenvalue weighted by Gasteiger charge is -2.33. The summed E-state index contributed by atoms with van der Waals surface area (Å²) in [4.78, 5) is 6.87. The Morgan fingerprint density at radius 2 is 1.80 bits per heavy atom. The summed E-state index contributed by atoms with van der Waals surface area (Å²) in [6, 6.07) is 13.7. The van der Waals surface area contributed by atoms with E-state index in [1.807, 2.05) is 5.38 Å². The van der Waals surface area contributed by atoms with Crippen LogP contribution in [0.2, 0.25) is 0 Å². The van der Waals surface area contributed by atoms with Crippen molar-refractivity contribution in [1.82, 2.24) is 9.29 Å². The summed E-state index contributed by atoms with van der Waals surface area (Å²) in [7, 11) is -3.69. The number of nitrogens with zero attached hydrogens (tertiary/aromatic N) is 3. The van der Waals surface area contributed by atoms with Crippen LogP contribution in [0.4, 0.5) is 9.52 Å². The molecule has 2 heterocycles. The first kappa shape index (κ1) is 21.0. The third kappa shape index (κ3) is 4.40. The monoisotopic (exact) mass is 445 g/mol. The average molecular weight is 446 g/mol. The summed E-state index contributed by atoms with van der Waals surface area (Å²) in [5.74, 6) is -0.548. The number of hydrogen-bond donors (Lipinski definition) is 0. The molecule has 0 spiro atoms. The number of aryl methyl sites for hydroxylation is 1. The van der Waals surface area contributed by atoms with Crippen molar-refractivity contribution in [2.75, 3.05) is 31.1 Å². The molecule has 1 aliphatic heterocycles. The average Bonchev–Trinajstić information content (AvgIpc) is 3.25. The third-order valence-electron chi connectivity index (χ3n) is 5.22. The van der Waals surface area contributed by atoms with Crippen LogP contribution in [0.25, 0.3) is 11.3 Å². The maximum Gasteiger partial charge on any atom is 0.243 e. The lowest BCUT2D eigenvalue weighted by molar-refractivity contribution is 0.384. The SMILES string of the molecule is CCCc1ccc(-c2csc(N3CCN(S(=O)(=O)c4cccc(F)c4)CC3)n2)cc1. The molecule has 0 radical (unpaired) electrons. The molecule has 0 unspecified atom stereocenters. The van der Waals surface area contributed by atoms with Gasteiger partial charge in [-0.3, -0.25) is 0 Å². The van der Waals surface area contributed by atoms with Crippen LogP contribution in [0.15, 0.2) is 58.8 Å². The number of sulfonamides is 1. The molecular weight excluding hydrogens is 421 g/mol. The summed E-state index contributed by atoms with van der Waals surface area (Å²) < 4.78 is 40.4. The number of halogens is 1. The number of rotatable bonds is 6. The van der Waals surface area contributed by atoms with Crippen LogP contribution in [0.1, 0.15) is 18.9 Å². The second kappa shape index (κ2) is 8.83. The van der Waals surface area contributed by atoms with Crippen LogP contribution in [-0.4, -0.2) is 43.9 Å². The van der Waals surface area contributed by atoms with Crippen LogP contribution >= 0.6 is 11.3 Å². The molecule has 1 aliphatic rings. The molecule has 30 heavy (non-hydrogen) atoms. The van der Waals surface area contributed by atoms with Crippen molar-refractivity contribution in [1.29, 1.82) is 0 Å². The standard InChI is InChI=1S/C22H24FN3O2S2/c1-2-4-17-7-9-18(10-8-17)21-16-29-22(24-21)25-11-13-26(14-12-25)30(27,28)20-6-3-5-19(23)15-20/h3,5-10,15-16H,2,4,11-14H2,1H3. The minimum Gasteiger partial charge on any atom is -0.345 e. The molecule has 0 saturated carbocycles. The van der Waals surface area contributed by atoms with Gasteiger partial charge in [0, 0.05) is 37.1 Å². The van der Waals surface area contributed by atoms with Gasteiger partial charge in [-0.1, -0.05) is 43.7 Å². The molecule has 5 nitrogen and oxygen atoms in total. The molecule has 0 bridgehead atoms. The van der Waals surface area contributed by atoms with Gasteiger partial charge in [-0.25, -0.2) is 17.8 Å². The van der Waals surface area contributed by atoms with Crippen LogP contribution in [0.3, 0.4) is 0 Å². The highest BCUT2D eigenvalue weighted by atomic mass is 32.2. The second-order valence-electron chi connectivity index (χ2n) is 7.31. The van der Waals surface area contributed by atoms with E-state index in [0.29, 0.717) is 26.2 Å². The predicted octanol–water partition coefficient (Wildman–Crippen LogP) is 4.41. The van der Waals surface area contributed by atoms with E-state index in [1.165, 1.54) is 28.1 Å². The Kier molecular flexibility index (Phi) is 6.17. The summed E-state index contributed by atoms with van der Waals surface area (Å²) >= 11 is 1.57. The zero-order valence-electron chi connectivity index (χ0n) is 16.8. The van der Waals surface area contributed by atoms with E-state index in [0.717, 1.165) is 35.3 Å². The van der Waals surface area contributed by atoms with Gasteiger partial charge in [0.05, 0.1) is 10.6 Å². The summed E-state index contributed by atoms with van der Waals surface area (Å²) in [5, 5.41) is 2.94. The number of piperazine rings is 1. The van der Waals surface area contributed by atoms with Gasteiger partial charge in [0.15, 0.2) is 5.13 Å². The molecule has 8 heteroatoms. The lowest BCUT2D eigenvalue weighted by Crippen LogP contribution is -2.48. The molecular formula is C22H24FN3O2S2. The third-order valence-corrected chi connectivity index (χ3v) is 8.02. The van der Waals surface area contributed by atoms with E-state index in [9.17, 15) is 12.8 Å². The van der Waals surface area contributed by atoms with E-state index in [2.05, 4.69) is 36.1 Å². The van der Waals surface area contributed by atoms with Crippen LogP contribution < -0.4 is 4.90 Å². The Labute approximate surface area is 180 Å². The molecule has 1 aromatic heterocycles. The minimum atomic E-state index is -3.69. The molecule has 0 aliphatic carbocycles. The van der Waals surface area contributed by atoms with Gasteiger partial charge in [-0.2, -0.15) is 4.31 Å². The normalized spacial score (nSPS) is 15.5. The Morgan fingerprint density at radius 3 is 2.47 bits per heavy atom. The molecule has 0 atom stereocenters. The summed E-state index contributed by atoms with van der Waals surface area (Å²) in [5.41, 5.74) is 3.35. The van der Waals surface area contributed by atoms with Crippen LogP contribution in [0.5, 0.6) is 0 Å². The number of benzene rings is 2. The van der Waals surface area contributed by atoms with Crippen molar-refractivity contribution in [3.05, 3.63) is 65.3 Å². The fourth-order valence-corrected chi connectivity index (χ4v) is 5.91. The number of hydrogen-bond acceptors (Lipinski definition) is 5. The number of anilines is 1. The first-order valence-electron chi connectivity index (χ1n) is 10.0. The van der Waals surface area contributed by atoms with E-state index < -0.39 is 15.8 Å². The Hall–Kier alpha value is -2.29. The number of thiazole rings is 1. The number of aromatic nitrogens is 1. The topological polar surface area (TPSA) is 53.5 Å². The van der Waals surface area contributed by atoms with Gasteiger partial charge < -0.3 is 4.90 Å². The largest absolute Gasteiger partial charge is 0.345 e. The predicted molar refractivity (Wildman–Crippen MR) is 119 cm³/mol. The summed E-state index contributed by atoms with van der Waals surface area (Å²) in [6.45, 7) is 3.97. The molecule has 4 rings (SSSR count). The van der Waals surface area contributed by atoms with Gasteiger partial charge >= 0.3 is 0 Å². The van der Waals surface area contributed by atoms with Gasteiger partial charge in [0.25, 0.3) is 0 Å². The highest BCUT2D eigenvalue weighted by molar-refractivity contribution is 7.89. The smallest absolute Gasteiger partial charge is 0.243 e. The Morgan fingerprint density at radius 1 is 1.07 bits per heavy atom. The maximum atomic E-state index is 13.5. The Bertz CT molecular complexity index is 1110. The van der Waals surface area contributed by atoms with Crippen molar-refractivity contribution in [2.24, 2.45) is 0 Å². The molecule has 1 saturated heterocycles. The lowest BCUT2D eigenvalue weighted by atomic mass is 10.1. The first-order valence-corrected chi connectivity index (χ1v) is 12.3. The van der Waals surface area contributed by atoms with Crippen molar-refractivity contribution in [3.63, 3.8) is 0 Å². The first-order chi connectivity index (χ1) is 14.5. The fraction of sp³-hybridized carbons (Fsp3) is 0.318. The molecule has 3 aromatic rings. The molecule has 2 aromatic carbocycles. The van der Waals surface area contributed by atoms with Gasteiger partial charge in [-0.05, 0) is 30.2 Å². The van der Waals surface area contributed by atoms with Gasteiger partial charge in [0.2, 0.25) is 10.0 Å². The van der Waals surface area contributed by atoms with Crippen LogP contribution in [-0.2, 0) is 16.4 Å². The molecule has 0 amide bonds. The zero-order valence-corrected chi connectivity index (χ0v) is 18.4. The van der Waals surface area contributed by atoms with Crippen molar-refractivity contribution in [2.45, 2.75) is 24.7 Å². The highest BCUT2D eigenvalue weighted by Crippen LogP contribution is 2.29. The van der Waals surface area contributed by atoms with E-state index in [4.69, 9.17) is 4.98 Å². The summed E-state index contributed by atoms with van der Waals surface area (Å²) in [6.07, 6.45) is 2.20. The van der Waals surface area contributed by atoms with E-state index in [1.54, 1.807) is 11.3 Å². The second-order valence-corrected chi connectivity index (χ2v) is 10.1. The maximum absolute atomic E-state index is 13.5. The van der Waals surface area contributed by atoms with Crippen molar-refractivity contribution < 1.29 is 12.8 Å². The molecule has 1 fully saturated rings. The fourth-order valence-electron chi connectivity index (χ4n) is 3.57. The quantitative estimate of drug-likeness (QED) is 0.564. The van der Waals surface area contributed by atoms with Crippen molar-refractivity contribution in [3.8, 4) is 11.3 Å². The van der Waals surface area contributed by atoms with Crippen LogP contribution in [0, 0.1) is 5.82 Å². The minimum absolute atomic E-state index is 0.000922.